The number of rotatable bonds is 7. The van der Waals surface area contributed by atoms with Crippen molar-refractivity contribution in [2.45, 2.75) is 20.0 Å². The number of hydrogen-bond donors (Lipinski definition) is 1. The van der Waals surface area contributed by atoms with Gasteiger partial charge in [-0.05, 0) is 66.7 Å². The second kappa shape index (κ2) is 10.7. The molecule has 31 heavy (non-hydrogen) atoms. The van der Waals surface area contributed by atoms with Crippen LogP contribution in [0.5, 0.6) is 11.5 Å². The zero-order chi connectivity index (χ0) is 22.4. The highest BCUT2D eigenvalue weighted by molar-refractivity contribution is 7.80. The topological polar surface area (TPSA) is 33.7 Å². The zero-order valence-corrected chi connectivity index (χ0v) is 19.9. The average Bonchev–Trinajstić information content (AvgIpc) is 2.77. The fraction of sp³-hybridized carbons (Fsp3) is 0.208. The van der Waals surface area contributed by atoms with Gasteiger partial charge in [-0.1, -0.05) is 47.5 Å². The second-order valence-electron chi connectivity index (χ2n) is 7.04. The first-order valence-electron chi connectivity index (χ1n) is 9.67. The fourth-order valence-corrected chi connectivity index (χ4v) is 3.88. The van der Waals surface area contributed by atoms with Gasteiger partial charge in [-0.3, -0.25) is 0 Å². The molecule has 0 aliphatic carbocycles. The van der Waals surface area contributed by atoms with E-state index in [9.17, 15) is 0 Å². The van der Waals surface area contributed by atoms with Crippen LogP contribution < -0.4 is 14.8 Å². The van der Waals surface area contributed by atoms with E-state index >= 15 is 0 Å². The van der Waals surface area contributed by atoms with Crippen molar-refractivity contribution in [1.82, 2.24) is 4.90 Å². The lowest BCUT2D eigenvalue weighted by atomic mass is 10.1. The van der Waals surface area contributed by atoms with Gasteiger partial charge in [0.1, 0.15) is 11.5 Å². The van der Waals surface area contributed by atoms with E-state index in [2.05, 4.69) is 5.32 Å². The van der Waals surface area contributed by atoms with Crippen molar-refractivity contribution in [2.24, 2.45) is 0 Å². The van der Waals surface area contributed by atoms with E-state index in [-0.39, 0.29) is 0 Å². The van der Waals surface area contributed by atoms with Gasteiger partial charge >= 0.3 is 0 Å². The Labute approximate surface area is 198 Å². The van der Waals surface area contributed by atoms with Gasteiger partial charge in [-0.2, -0.15) is 0 Å². The van der Waals surface area contributed by atoms with Crippen LogP contribution in [0.4, 0.5) is 5.69 Å². The van der Waals surface area contributed by atoms with Gasteiger partial charge in [0.2, 0.25) is 0 Å². The number of aryl methyl sites for hydroxylation is 1. The van der Waals surface area contributed by atoms with Crippen LogP contribution in [0.1, 0.15) is 16.7 Å². The van der Waals surface area contributed by atoms with E-state index in [0.29, 0.717) is 28.2 Å². The number of anilines is 1. The summed E-state index contributed by atoms with van der Waals surface area (Å²) < 4.78 is 10.8. The molecule has 3 rings (SSSR count). The Hall–Kier alpha value is -2.47. The Morgan fingerprint density at radius 3 is 2.23 bits per heavy atom. The third-order valence-electron chi connectivity index (χ3n) is 4.83. The van der Waals surface area contributed by atoms with Gasteiger partial charge in [-0.25, -0.2) is 0 Å². The summed E-state index contributed by atoms with van der Waals surface area (Å²) in [7, 11) is 3.29. The molecule has 0 bridgehead atoms. The molecule has 7 heteroatoms. The second-order valence-corrected chi connectivity index (χ2v) is 8.24. The Balaban J connectivity index is 1.89. The van der Waals surface area contributed by atoms with Gasteiger partial charge in [0.25, 0.3) is 0 Å². The van der Waals surface area contributed by atoms with E-state index in [1.165, 1.54) is 0 Å². The normalized spacial score (nSPS) is 10.5. The van der Waals surface area contributed by atoms with Crippen molar-refractivity contribution in [3.8, 4) is 11.5 Å². The van der Waals surface area contributed by atoms with Gasteiger partial charge in [0, 0.05) is 28.7 Å². The molecule has 0 heterocycles. The summed E-state index contributed by atoms with van der Waals surface area (Å²) in [4.78, 5) is 2.02. The largest absolute Gasteiger partial charge is 0.497 e. The molecule has 1 N–H and O–H groups in total. The lowest BCUT2D eigenvalue weighted by Gasteiger charge is -2.27. The highest BCUT2D eigenvalue weighted by atomic mass is 35.5. The maximum absolute atomic E-state index is 6.43. The summed E-state index contributed by atoms with van der Waals surface area (Å²) in [6.07, 6.45) is 0. The van der Waals surface area contributed by atoms with Crippen LogP contribution in [0.15, 0.2) is 60.7 Å². The predicted molar refractivity (Wildman–Crippen MR) is 133 cm³/mol. The SMILES string of the molecule is COc1ccc(CN(Cc2c(Cl)cccc2Cl)C(=S)Nc2ccc(C)cc2OC)cc1. The number of halogens is 2. The molecule has 0 amide bonds. The highest BCUT2D eigenvalue weighted by Gasteiger charge is 2.17. The molecular formula is C24H24Cl2N2O2S. The first kappa shape index (κ1) is 23.2. The van der Waals surface area contributed by atoms with E-state index < -0.39 is 0 Å². The van der Waals surface area contributed by atoms with Crippen molar-refractivity contribution in [1.29, 1.82) is 0 Å². The molecule has 0 radical (unpaired) electrons. The molecule has 0 fully saturated rings. The molecule has 0 aromatic heterocycles. The van der Waals surface area contributed by atoms with Gasteiger partial charge in [0.15, 0.2) is 5.11 Å². The van der Waals surface area contributed by atoms with Crippen molar-refractivity contribution in [3.05, 3.63) is 87.4 Å². The van der Waals surface area contributed by atoms with Crippen molar-refractivity contribution < 1.29 is 9.47 Å². The molecule has 162 valence electrons. The summed E-state index contributed by atoms with van der Waals surface area (Å²) >= 11 is 18.6. The number of hydrogen-bond acceptors (Lipinski definition) is 3. The standard InChI is InChI=1S/C24H24Cl2N2O2S/c1-16-7-12-22(23(13-16)30-3)27-24(31)28(14-17-8-10-18(29-2)11-9-17)15-19-20(25)5-4-6-21(19)26/h4-13H,14-15H2,1-3H3,(H,27,31). The molecule has 0 aliphatic rings. The van der Waals surface area contributed by atoms with E-state index in [4.69, 9.17) is 44.9 Å². The molecule has 3 aromatic carbocycles. The summed E-state index contributed by atoms with van der Waals surface area (Å²) in [6.45, 7) is 3.02. The average molecular weight is 475 g/mol. The quantitative estimate of drug-likeness (QED) is 0.384. The van der Waals surface area contributed by atoms with E-state index in [1.807, 2.05) is 72.5 Å². The summed E-state index contributed by atoms with van der Waals surface area (Å²) in [5.74, 6) is 1.53. The van der Waals surface area contributed by atoms with Crippen LogP contribution >= 0.6 is 35.4 Å². The van der Waals surface area contributed by atoms with E-state index in [1.54, 1.807) is 14.2 Å². The first-order chi connectivity index (χ1) is 14.9. The van der Waals surface area contributed by atoms with Crippen LogP contribution in [0.3, 0.4) is 0 Å². The summed E-state index contributed by atoms with van der Waals surface area (Å²) in [6, 6.07) is 19.3. The Kier molecular flexibility index (Phi) is 8.02. The molecule has 0 spiro atoms. The number of methoxy groups -OCH3 is 2. The number of thiocarbonyl (C=S) groups is 1. The Morgan fingerprint density at radius 2 is 1.61 bits per heavy atom. The van der Waals surface area contributed by atoms with Gasteiger partial charge in [-0.15, -0.1) is 0 Å². The molecule has 0 saturated carbocycles. The van der Waals surface area contributed by atoms with Crippen molar-refractivity contribution in [2.75, 3.05) is 19.5 Å². The fourth-order valence-electron chi connectivity index (χ4n) is 3.12. The van der Waals surface area contributed by atoms with Gasteiger partial charge < -0.3 is 19.7 Å². The predicted octanol–water partition coefficient (Wildman–Crippen LogP) is 6.72. The number of nitrogens with one attached hydrogen (secondary N) is 1. The smallest absolute Gasteiger partial charge is 0.174 e. The third-order valence-corrected chi connectivity index (χ3v) is 5.90. The minimum atomic E-state index is 0.449. The van der Waals surface area contributed by atoms with Crippen molar-refractivity contribution >= 4 is 46.2 Å². The molecule has 0 aliphatic heterocycles. The molecule has 0 atom stereocenters. The molecule has 0 saturated heterocycles. The van der Waals surface area contributed by atoms with Gasteiger partial charge in [0.05, 0.1) is 19.9 Å². The first-order valence-corrected chi connectivity index (χ1v) is 10.8. The molecular weight excluding hydrogens is 451 g/mol. The number of nitrogens with zero attached hydrogens (tertiary/aromatic N) is 1. The number of benzene rings is 3. The maximum Gasteiger partial charge on any atom is 0.174 e. The minimum absolute atomic E-state index is 0.449. The lowest BCUT2D eigenvalue weighted by Crippen LogP contribution is -2.34. The third kappa shape index (κ3) is 6.03. The Bertz CT molecular complexity index is 1040. The minimum Gasteiger partial charge on any atom is -0.497 e. The monoisotopic (exact) mass is 474 g/mol. The maximum atomic E-state index is 6.43. The summed E-state index contributed by atoms with van der Waals surface area (Å²) in [5, 5.41) is 5.05. The number of ether oxygens (including phenoxy) is 2. The molecule has 0 unspecified atom stereocenters. The van der Waals surface area contributed by atoms with Crippen LogP contribution in [0, 0.1) is 6.92 Å². The van der Waals surface area contributed by atoms with Crippen LogP contribution in [0.25, 0.3) is 0 Å². The highest BCUT2D eigenvalue weighted by Crippen LogP contribution is 2.29. The zero-order valence-electron chi connectivity index (χ0n) is 17.6. The van der Waals surface area contributed by atoms with Crippen LogP contribution in [-0.4, -0.2) is 24.2 Å². The van der Waals surface area contributed by atoms with Crippen molar-refractivity contribution in [3.63, 3.8) is 0 Å². The van der Waals surface area contributed by atoms with Crippen LogP contribution in [0.2, 0.25) is 10.0 Å². The molecule has 4 nitrogen and oxygen atoms in total. The Morgan fingerprint density at radius 1 is 0.935 bits per heavy atom. The molecule has 3 aromatic rings. The van der Waals surface area contributed by atoms with E-state index in [0.717, 1.165) is 33.9 Å². The lowest BCUT2D eigenvalue weighted by molar-refractivity contribution is 0.405. The van der Waals surface area contributed by atoms with Crippen LogP contribution in [-0.2, 0) is 13.1 Å². The summed E-state index contributed by atoms with van der Waals surface area (Å²) in [5.41, 5.74) is 3.79.